The van der Waals surface area contributed by atoms with Crippen molar-refractivity contribution in [2.75, 3.05) is 5.32 Å². The van der Waals surface area contributed by atoms with Crippen molar-refractivity contribution in [2.45, 2.75) is 16.2 Å². The largest absolute Gasteiger partial charge is 0.305 e. The third-order valence-electron chi connectivity index (χ3n) is 4.06. The first kappa shape index (κ1) is 19.8. The number of carbonyl (C=O) groups is 1. The average Bonchev–Trinajstić information content (AvgIpc) is 3.37. The molecule has 4 aromatic rings. The summed E-state index contributed by atoms with van der Waals surface area (Å²) in [6.07, 6.45) is 1.73. The summed E-state index contributed by atoms with van der Waals surface area (Å²) in [6.45, 7) is 1.86. The molecule has 0 fully saturated rings. The maximum Gasteiger partial charge on any atom is 0.284 e. The summed E-state index contributed by atoms with van der Waals surface area (Å²) in [7, 11) is 0. The van der Waals surface area contributed by atoms with Crippen LogP contribution in [0.4, 0.5) is 11.5 Å². The lowest BCUT2D eigenvalue weighted by atomic mass is 10.2. The molecule has 2 aromatic heterocycles. The zero-order chi connectivity index (χ0) is 21.1. The normalized spacial score (nSPS) is 10.7. The molecule has 0 saturated heterocycles. The Balaban J connectivity index is 1.53. The van der Waals surface area contributed by atoms with Crippen LogP contribution in [0.5, 0.6) is 0 Å². The average molecular weight is 438 g/mol. The zero-order valence-corrected chi connectivity index (χ0v) is 17.3. The van der Waals surface area contributed by atoms with E-state index < -0.39 is 10.8 Å². The summed E-state index contributed by atoms with van der Waals surface area (Å²) in [6, 6.07) is 15.5. The van der Waals surface area contributed by atoms with Crippen molar-refractivity contribution in [3.05, 3.63) is 87.5 Å². The lowest BCUT2D eigenvalue weighted by Gasteiger charge is -2.05. The molecule has 4 rings (SSSR count). The highest BCUT2D eigenvalue weighted by Gasteiger charge is 2.20. The number of thiazole rings is 1. The van der Waals surface area contributed by atoms with Gasteiger partial charge in [0.15, 0.2) is 10.2 Å². The predicted molar refractivity (Wildman–Crippen MR) is 116 cm³/mol. The fourth-order valence-corrected chi connectivity index (χ4v) is 4.54. The Morgan fingerprint density at radius 2 is 2.00 bits per heavy atom. The van der Waals surface area contributed by atoms with E-state index in [1.54, 1.807) is 29.1 Å². The lowest BCUT2D eigenvalue weighted by Crippen LogP contribution is -2.13. The molecule has 0 aliphatic heterocycles. The molecule has 0 atom stereocenters. The topological polar surface area (TPSA) is 103 Å². The fourth-order valence-electron chi connectivity index (χ4n) is 2.66. The Morgan fingerprint density at radius 1 is 1.20 bits per heavy atom. The summed E-state index contributed by atoms with van der Waals surface area (Å²) in [5.41, 5.74) is 1.74. The van der Waals surface area contributed by atoms with Crippen LogP contribution in [0.1, 0.15) is 16.1 Å². The van der Waals surface area contributed by atoms with E-state index in [0.29, 0.717) is 15.1 Å². The van der Waals surface area contributed by atoms with Gasteiger partial charge in [0.05, 0.1) is 15.5 Å². The molecule has 150 valence electrons. The van der Waals surface area contributed by atoms with Gasteiger partial charge in [0.1, 0.15) is 0 Å². The number of benzene rings is 2. The molecule has 0 radical (unpaired) electrons. The summed E-state index contributed by atoms with van der Waals surface area (Å²) >= 11 is 2.62. The van der Waals surface area contributed by atoms with Crippen molar-refractivity contribution >= 4 is 40.5 Å². The molecular weight excluding hydrogens is 422 g/mol. The second kappa shape index (κ2) is 8.47. The quantitative estimate of drug-likeness (QED) is 0.338. The van der Waals surface area contributed by atoms with Crippen LogP contribution in [0.25, 0.3) is 5.69 Å². The summed E-state index contributed by atoms with van der Waals surface area (Å²) in [4.78, 5) is 28.4. The van der Waals surface area contributed by atoms with Gasteiger partial charge in [-0.05, 0) is 31.2 Å². The van der Waals surface area contributed by atoms with Crippen molar-refractivity contribution in [2.24, 2.45) is 0 Å². The fraction of sp³-hybridized carbons (Fsp3) is 0.0500. The van der Waals surface area contributed by atoms with Gasteiger partial charge in [-0.3, -0.25) is 14.9 Å². The van der Waals surface area contributed by atoms with Gasteiger partial charge in [-0.15, -0.1) is 11.3 Å². The van der Waals surface area contributed by atoms with Crippen molar-refractivity contribution in [3.8, 4) is 5.69 Å². The standard InChI is InChI=1S/C20H15N5O3S2/c1-13-12-29-20(21-13)30-17-8-7-14(11-16(17)25(27)28)19(26)22-18-9-10-24(23-18)15-5-3-2-4-6-15/h2-12H,1H3,(H,22,23,26). The molecule has 10 heteroatoms. The van der Waals surface area contributed by atoms with E-state index in [1.807, 2.05) is 42.6 Å². The van der Waals surface area contributed by atoms with E-state index in [9.17, 15) is 14.9 Å². The minimum Gasteiger partial charge on any atom is -0.305 e. The summed E-state index contributed by atoms with van der Waals surface area (Å²) < 4.78 is 2.34. The number of para-hydroxylation sites is 1. The smallest absolute Gasteiger partial charge is 0.284 e. The van der Waals surface area contributed by atoms with Gasteiger partial charge in [0, 0.05) is 35.0 Å². The Bertz CT molecular complexity index is 1220. The minimum atomic E-state index is -0.496. The Labute approximate surface area is 179 Å². The molecule has 0 unspecified atom stereocenters. The Kier molecular flexibility index (Phi) is 5.59. The van der Waals surface area contributed by atoms with Crippen LogP contribution >= 0.6 is 23.1 Å². The van der Waals surface area contributed by atoms with E-state index in [1.165, 1.54) is 29.2 Å². The number of nitro benzene ring substituents is 1. The van der Waals surface area contributed by atoms with Crippen LogP contribution in [0, 0.1) is 17.0 Å². The number of aromatic nitrogens is 3. The van der Waals surface area contributed by atoms with Crippen LogP contribution in [0.15, 0.2) is 75.4 Å². The number of nitrogens with zero attached hydrogens (tertiary/aromatic N) is 4. The predicted octanol–water partition coefficient (Wildman–Crippen LogP) is 4.95. The van der Waals surface area contributed by atoms with Gasteiger partial charge in [-0.1, -0.05) is 30.0 Å². The number of carbonyl (C=O) groups excluding carboxylic acids is 1. The molecule has 1 N–H and O–H groups in total. The molecule has 0 spiro atoms. The first-order chi connectivity index (χ1) is 14.5. The van der Waals surface area contributed by atoms with Gasteiger partial charge in [-0.25, -0.2) is 9.67 Å². The van der Waals surface area contributed by atoms with Crippen LogP contribution in [-0.4, -0.2) is 25.6 Å². The maximum absolute atomic E-state index is 12.6. The minimum absolute atomic E-state index is 0.143. The van der Waals surface area contributed by atoms with Crippen LogP contribution in [-0.2, 0) is 0 Å². The highest BCUT2D eigenvalue weighted by molar-refractivity contribution is 8.01. The molecule has 0 aliphatic carbocycles. The van der Waals surface area contributed by atoms with Gasteiger partial charge in [-0.2, -0.15) is 5.10 Å². The molecule has 0 aliphatic rings. The number of nitrogens with one attached hydrogen (secondary N) is 1. The van der Waals surface area contributed by atoms with E-state index in [2.05, 4.69) is 15.4 Å². The first-order valence-electron chi connectivity index (χ1n) is 8.80. The van der Waals surface area contributed by atoms with Crippen LogP contribution < -0.4 is 5.32 Å². The second-order valence-corrected chi connectivity index (χ2v) is 8.38. The number of hydrogen-bond acceptors (Lipinski definition) is 7. The monoisotopic (exact) mass is 437 g/mol. The second-order valence-electron chi connectivity index (χ2n) is 6.23. The Hall–Kier alpha value is -3.50. The zero-order valence-electron chi connectivity index (χ0n) is 15.7. The molecule has 2 heterocycles. The SMILES string of the molecule is Cc1csc(Sc2ccc(C(=O)Nc3ccn(-c4ccccc4)n3)cc2[N+](=O)[O-])n1. The highest BCUT2D eigenvalue weighted by Crippen LogP contribution is 2.36. The van der Waals surface area contributed by atoms with E-state index in [0.717, 1.165) is 11.4 Å². The maximum atomic E-state index is 12.6. The molecule has 0 bridgehead atoms. The molecule has 8 nitrogen and oxygen atoms in total. The summed E-state index contributed by atoms with van der Waals surface area (Å²) in [5, 5.41) is 20.4. The van der Waals surface area contributed by atoms with E-state index >= 15 is 0 Å². The molecule has 30 heavy (non-hydrogen) atoms. The molecule has 1 amide bonds. The molecule has 0 saturated carbocycles. The highest BCUT2D eigenvalue weighted by atomic mass is 32.2. The van der Waals surface area contributed by atoms with Crippen molar-refractivity contribution in [1.29, 1.82) is 0 Å². The van der Waals surface area contributed by atoms with Crippen molar-refractivity contribution in [1.82, 2.24) is 14.8 Å². The van der Waals surface area contributed by atoms with Crippen molar-refractivity contribution in [3.63, 3.8) is 0 Å². The van der Waals surface area contributed by atoms with Crippen LogP contribution in [0.2, 0.25) is 0 Å². The summed E-state index contributed by atoms with van der Waals surface area (Å²) in [5.74, 6) is -0.124. The van der Waals surface area contributed by atoms with Gasteiger partial charge >= 0.3 is 0 Å². The number of anilines is 1. The number of rotatable bonds is 6. The Morgan fingerprint density at radius 3 is 2.70 bits per heavy atom. The van der Waals surface area contributed by atoms with Crippen LogP contribution in [0.3, 0.4) is 0 Å². The number of aryl methyl sites for hydroxylation is 1. The van der Waals surface area contributed by atoms with Gasteiger partial charge in [0.25, 0.3) is 11.6 Å². The number of amides is 1. The third-order valence-corrected chi connectivity index (χ3v) is 6.19. The van der Waals surface area contributed by atoms with Gasteiger partial charge in [0.2, 0.25) is 0 Å². The first-order valence-corrected chi connectivity index (χ1v) is 10.5. The van der Waals surface area contributed by atoms with Crippen molar-refractivity contribution < 1.29 is 9.72 Å². The molecular formula is C20H15N5O3S2. The number of hydrogen-bond donors (Lipinski definition) is 1. The van der Waals surface area contributed by atoms with E-state index in [4.69, 9.17) is 0 Å². The lowest BCUT2D eigenvalue weighted by molar-refractivity contribution is -0.387. The number of nitro groups is 1. The van der Waals surface area contributed by atoms with Gasteiger partial charge < -0.3 is 5.32 Å². The molecule has 2 aromatic carbocycles. The third kappa shape index (κ3) is 4.39. The van der Waals surface area contributed by atoms with E-state index in [-0.39, 0.29) is 11.3 Å².